The average Bonchev–Trinajstić information content (AvgIpc) is 2.32. The van der Waals surface area contributed by atoms with Crippen LogP contribution in [-0.4, -0.2) is 29.2 Å². The topological polar surface area (TPSA) is 40.5 Å². The molecule has 1 aromatic rings. The average molecular weight is 236 g/mol. The Bertz CT molecular complexity index is 348. The molecule has 0 bridgehead atoms. The highest BCUT2D eigenvalue weighted by atomic mass is 32.2. The summed E-state index contributed by atoms with van der Waals surface area (Å²) in [6, 6.07) is 8.07. The van der Waals surface area contributed by atoms with Crippen molar-refractivity contribution in [2.24, 2.45) is 0 Å². The van der Waals surface area contributed by atoms with Gasteiger partial charge in [0.05, 0.1) is 13.2 Å². The summed E-state index contributed by atoms with van der Waals surface area (Å²) < 4.78 is 0. The largest absolute Gasteiger partial charge is 0.396 e. The van der Waals surface area contributed by atoms with Gasteiger partial charge in [-0.05, 0) is 17.7 Å². The molecule has 2 nitrogen and oxygen atoms in total. The van der Waals surface area contributed by atoms with E-state index in [1.807, 2.05) is 24.3 Å². The van der Waals surface area contributed by atoms with Crippen LogP contribution in [0, 0.1) is 11.8 Å². The van der Waals surface area contributed by atoms with Crippen molar-refractivity contribution < 1.29 is 10.2 Å². The maximum absolute atomic E-state index is 8.65. The van der Waals surface area contributed by atoms with Crippen molar-refractivity contribution in [2.75, 3.05) is 19.0 Å². The van der Waals surface area contributed by atoms with E-state index in [1.165, 1.54) is 5.56 Å². The zero-order valence-corrected chi connectivity index (χ0v) is 9.96. The molecule has 0 aliphatic rings. The maximum atomic E-state index is 8.65. The van der Waals surface area contributed by atoms with Gasteiger partial charge in [0.1, 0.15) is 0 Å². The summed E-state index contributed by atoms with van der Waals surface area (Å²) in [5.74, 6) is 7.57. The van der Waals surface area contributed by atoms with Gasteiger partial charge in [0.25, 0.3) is 0 Å². The Balaban J connectivity index is 2.45. The lowest BCUT2D eigenvalue weighted by atomic mass is 10.1. The fourth-order valence-electron chi connectivity index (χ4n) is 1.16. The third kappa shape index (κ3) is 5.22. The molecule has 0 aliphatic heterocycles. The molecule has 0 fully saturated rings. The number of hydrogen-bond donors (Lipinski definition) is 2. The lowest BCUT2D eigenvalue weighted by Crippen LogP contribution is -1.88. The van der Waals surface area contributed by atoms with Gasteiger partial charge in [-0.2, -0.15) is 11.8 Å². The molecule has 1 rings (SSSR count). The van der Waals surface area contributed by atoms with Gasteiger partial charge >= 0.3 is 0 Å². The van der Waals surface area contributed by atoms with Gasteiger partial charge in [0.15, 0.2) is 0 Å². The predicted octanol–water partition coefficient (Wildman–Crippen LogP) is 1.65. The van der Waals surface area contributed by atoms with Gasteiger partial charge in [-0.25, -0.2) is 0 Å². The van der Waals surface area contributed by atoms with Crippen LogP contribution in [0.1, 0.15) is 17.5 Å². The maximum Gasteiger partial charge on any atom is 0.0540 e. The predicted molar refractivity (Wildman–Crippen MR) is 68.3 cm³/mol. The van der Waals surface area contributed by atoms with E-state index in [9.17, 15) is 0 Å². The minimum atomic E-state index is 0.114. The number of rotatable bonds is 5. The number of benzene rings is 1. The van der Waals surface area contributed by atoms with Crippen molar-refractivity contribution in [1.82, 2.24) is 0 Å². The molecule has 0 heterocycles. The van der Waals surface area contributed by atoms with Crippen LogP contribution in [0.5, 0.6) is 0 Å². The fourth-order valence-corrected chi connectivity index (χ4v) is 1.86. The Morgan fingerprint density at radius 3 is 2.44 bits per heavy atom. The summed E-state index contributed by atoms with van der Waals surface area (Å²) in [6.07, 6.45) is 0.522. The molecule has 0 radical (unpaired) electrons. The van der Waals surface area contributed by atoms with Gasteiger partial charge in [-0.3, -0.25) is 0 Å². The van der Waals surface area contributed by atoms with Crippen molar-refractivity contribution in [1.29, 1.82) is 0 Å². The second kappa shape index (κ2) is 8.23. The highest BCUT2D eigenvalue weighted by Gasteiger charge is 1.93. The smallest absolute Gasteiger partial charge is 0.0540 e. The van der Waals surface area contributed by atoms with Crippen LogP contribution in [-0.2, 0) is 5.75 Å². The highest BCUT2D eigenvalue weighted by molar-refractivity contribution is 7.98. The molecule has 1 aromatic carbocycles. The minimum Gasteiger partial charge on any atom is -0.396 e. The fraction of sp³-hybridized carbons (Fsp3) is 0.385. The second-order valence-electron chi connectivity index (χ2n) is 3.25. The minimum absolute atomic E-state index is 0.114. The van der Waals surface area contributed by atoms with Crippen LogP contribution in [0.2, 0.25) is 0 Å². The SMILES string of the molecule is OCCC#Cc1ccc(CSCCO)cc1. The van der Waals surface area contributed by atoms with Crippen molar-refractivity contribution in [3.05, 3.63) is 35.4 Å². The third-order valence-electron chi connectivity index (χ3n) is 1.93. The number of aliphatic hydroxyl groups is 2. The molecule has 0 atom stereocenters. The van der Waals surface area contributed by atoms with Crippen molar-refractivity contribution >= 4 is 11.8 Å². The van der Waals surface area contributed by atoms with Gasteiger partial charge in [-0.15, -0.1) is 0 Å². The molecular formula is C13H16O2S. The molecule has 0 unspecified atom stereocenters. The Labute approximate surface area is 101 Å². The summed E-state index contributed by atoms with van der Waals surface area (Å²) in [4.78, 5) is 0. The van der Waals surface area contributed by atoms with Crippen LogP contribution < -0.4 is 0 Å². The Hall–Kier alpha value is -0.950. The molecule has 0 amide bonds. The molecule has 0 aliphatic carbocycles. The first-order valence-corrected chi connectivity index (χ1v) is 6.39. The van der Waals surface area contributed by atoms with E-state index < -0.39 is 0 Å². The van der Waals surface area contributed by atoms with E-state index in [0.717, 1.165) is 17.1 Å². The molecule has 0 saturated carbocycles. The zero-order valence-electron chi connectivity index (χ0n) is 9.15. The summed E-state index contributed by atoms with van der Waals surface area (Å²) in [6.45, 7) is 0.346. The highest BCUT2D eigenvalue weighted by Crippen LogP contribution is 2.12. The monoisotopic (exact) mass is 236 g/mol. The summed E-state index contributed by atoms with van der Waals surface area (Å²) in [7, 11) is 0. The van der Waals surface area contributed by atoms with Crippen LogP contribution in [0.3, 0.4) is 0 Å². The Kier molecular flexibility index (Phi) is 6.75. The van der Waals surface area contributed by atoms with Gasteiger partial charge < -0.3 is 10.2 Å². The Morgan fingerprint density at radius 2 is 1.81 bits per heavy atom. The van der Waals surface area contributed by atoms with Crippen LogP contribution >= 0.6 is 11.8 Å². The molecule has 0 saturated heterocycles. The Morgan fingerprint density at radius 1 is 1.06 bits per heavy atom. The molecule has 16 heavy (non-hydrogen) atoms. The van der Waals surface area contributed by atoms with Crippen LogP contribution in [0.4, 0.5) is 0 Å². The van der Waals surface area contributed by atoms with Crippen molar-refractivity contribution in [2.45, 2.75) is 12.2 Å². The molecular weight excluding hydrogens is 220 g/mol. The van der Waals surface area contributed by atoms with E-state index in [1.54, 1.807) is 11.8 Å². The number of thioether (sulfide) groups is 1. The van der Waals surface area contributed by atoms with Crippen molar-refractivity contribution in [3.8, 4) is 11.8 Å². The van der Waals surface area contributed by atoms with Gasteiger partial charge in [0, 0.05) is 23.5 Å². The van der Waals surface area contributed by atoms with Gasteiger partial charge in [0.2, 0.25) is 0 Å². The molecule has 86 valence electrons. The number of aliphatic hydroxyl groups excluding tert-OH is 2. The normalized spacial score (nSPS) is 9.62. The van der Waals surface area contributed by atoms with Crippen molar-refractivity contribution in [3.63, 3.8) is 0 Å². The summed E-state index contributed by atoms with van der Waals surface area (Å²) in [5.41, 5.74) is 2.22. The van der Waals surface area contributed by atoms with E-state index in [2.05, 4.69) is 11.8 Å². The van der Waals surface area contributed by atoms with E-state index in [4.69, 9.17) is 10.2 Å². The summed E-state index contributed by atoms with van der Waals surface area (Å²) in [5, 5.41) is 17.2. The number of hydrogen-bond acceptors (Lipinski definition) is 3. The lowest BCUT2D eigenvalue weighted by molar-refractivity contribution is 0.305. The van der Waals surface area contributed by atoms with E-state index in [0.29, 0.717) is 6.42 Å². The van der Waals surface area contributed by atoms with Gasteiger partial charge in [-0.1, -0.05) is 24.0 Å². The lowest BCUT2D eigenvalue weighted by Gasteiger charge is -2.00. The summed E-state index contributed by atoms with van der Waals surface area (Å²) >= 11 is 1.71. The first-order chi connectivity index (χ1) is 7.86. The standard InChI is InChI=1S/C13H16O2S/c14-8-2-1-3-12-4-6-13(7-5-12)11-16-10-9-15/h4-7,14-15H,2,8-11H2. The first kappa shape index (κ1) is 13.1. The van der Waals surface area contributed by atoms with Crippen LogP contribution in [0.15, 0.2) is 24.3 Å². The molecule has 3 heteroatoms. The van der Waals surface area contributed by atoms with Crippen LogP contribution in [0.25, 0.3) is 0 Å². The molecule has 2 N–H and O–H groups in total. The molecule has 0 spiro atoms. The van der Waals surface area contributed by atoms with E-state index >= 15 is 0 Å². The quantitative estimate of drug-likeness (QED) is 0.603. The second-order valence-corrected chi connectivity index (χ2v) is 4.35. The third-order valence-corrected chi connectivity index (χ3v) is 2.94. The molecule has 0 aromatic heterocycles. The first-order valence-electron chi connectivity index (χ1n) is 5.24. The van der Waals surface area contributed by atoms with E-state index in [-0.39, 0.29) is 13.2 Å². The zero-order chi connectivity index (χ0) is 11.6.